The average Bonchev–Trinajstić information content (AvgIpc) is 2.29. The lowest BCUT2D eigenvalue weighted by molar-refractivity contribution is 0.305. The summed E-state index contributed by atoms with van der Waals surface area (Å²) in [5.41, 5.74) is 4.14. The summed E-state index contributed by atoms with van der Waals surface area (Å²) in [5, 5.41) is 3.70. The number of rotatable bonds is 7. The third kappa shape index (κ3) is 6.22. The topological polar surface area (TPSA) is 15.3 Å². The lowest BCUT2D eigenvalue weighted by Crippen LogP contribution is -2.38. The molecule has 0 aliphatic heterocycles. The molecule has 0 aliphatic rings. The SMILES string of the molecule is Cc1ccc(CNC(CC(C)C)CN(C)C)cc1C. The van der Waals surface area contributed by atoms with Gasteiger partial charge in [0.2, 0.25) is 0 Å². The Kier molecular flexibility index (Phi) is 6.53. The van der Waals surface area contributed by atoms with Crippen molar-refractivity contribution in [3.05, 3.63) is 34.9 Å². The molecule has 1 unspecified atom stereocenters. The molecule has 19 heavy (non-hydrogen) atoms. The van der Waals surface area contributed by atoms with Crippen molar-refractivity contribution in [1.29, 1.82) is 0 Å². The zero-order valence-electron chi connectivity index (χ0n) is 13.5. The van der Waals surface area contributed by atoms with Crippen LogP contribution in [0.4, 0.5) is 0 Å². The molecule has 1 N–H and O–H groups in total. The highest BCUT2D eigenvalue weighted by atomic mass is 15.1. The van der Waals surface area contributed by atoms with E-state index in [1.165, 1.54) is 23.1 Å². The third-order valence-corrected chi connectivity index (χ3v) is 3.51. The van der Waals surface area contributed by atoms with Gasteiger partial charge in [0, 0.05) is 19.1 Å². The summed E-state index contributed by atoms with van der Waals surface area (Å²) in [6, 6.07) is 7.31. The molecule has 0 aromatic heterocycles. The van der Waals surface area contributed by atoms with Crippen LogP contribution in [-0.2, 0) is 6.54 Å². The number of nitrogens with one attached hydrogen (secondary N) is 1. The van der Waals surface area contributed by atoms with E-state index in [1.54, 1.807) is 0 Å². The van der Waals surface area contributed by atoms with Crippen LogP contribution in [0.25, 0.3) is 0 Å². The van der Waals surface area contributed by atoms with Gasteiger partial charge in [0.25, 0.3) is 0 Å². The normalized spacial score (nSPS) is 13.3. The standard InChI is InChI=1S/C17H30N2/c1-13(2)9-17(12-19(5)6)18-11-16-8-7-14(3)15(4)10-16/h7-8,10,13,17-18H,9,11-12H2,1-6H3. The molecule has 0 fully saturated rings. The molecule has 108 valence electrons. The van der Waals surface area contributed by atoms with Gasteiger partial charge >= 0.3 is 0 Å². The first kappa shape index (κ1) is 16.2. The van der Waals surface area contributed by atoms with Crippen LogP contribution < -0.4 is 5.32 Å². The van der Waals surface area contributed by atoms with Gasteiger partial charge in [0.1, 0.15) is 0 Å². The predicted octanol–water partition coefficient (Wildman–Crippen LogP) is 3.37. The Labute approximate surface area is 119 Å². The van der Waals surface area contributed by atoms with E-state index in [1.807, 2.05) is 0 Å². The molecule has 0 spiro atoms. The molecule has 1 rings (SSSR count). The van der Waals surface area contributed by atoms with Crippen molar-refractivity contribution >= 4 is 0 Å². The van der Waals surface area contributed by atoms with Gasteiger partial charge in [0.15, 0.2) is 0 Å². The van der Waals surface area contributed by atoms with Crippen molar-refractivity contribution in [2.24, 2.45) is 5.92 Å². The summed E-state index contributed by atoms with van der Waals surface area (Å²) in [4.78, 5) is 2.26. The summed E-state index contributed by atoms with van der Waals surface area (Å²) in [6.45, 7) is 11.0. The van der Waals surface area contributed by atoms with Gasteiger partial charge in [-0.3, -0.25) is 0 Å². The van der Waals surface area contributed by atoms with Crippen molar-refractivity contribution in [2.45, 2.75) is 46.7 Å². The molecule has 0 heterocycles. The predicted molar refractivity (Wildman–Crippen MR) is 84.6 cm³/mol. The largest absolute Gasteiger partial charge is 0.309 e. The number of hydrogen-bond acceptors (Lipinski definition) is 2. The van der Waals surface area contributed by atoms with Crippen LogP contribution in [0.1, 0.15) is 37.0 Å². The van der Waals surface area contributed by atoms with E-state index in [0.717, 1.165) is 19.0 Å². The molecule has 0 saturated carbocycles. The van der Waals surface area contributed by atoms with Gasteiger partial charge < -0.3 is 10.2 Å². The fraction of sp³-hybridized carbons (Fsp3) is 0.647. The quantitative estimate of drug-likeness (QED) is 0.810. The maximum Gasteiger partial charge on any atom is 0.0208 e. The maximum atomic E-state index is 3.70. The van der Waals surface area contributed by atoms with Crippen molar-refractivity contribution in [3.8, 4) is 0 Å². The molecule has 0 bridgehead atoms. The minimum absolute atomic E-state index is 0.566. The number of benzene rings is 1. The van der Waals surface area contributed by atoms with Crippen LogP contribution in [0.5, 0.6) is 0 Å². The lowest BCUT2D eigenvalue weighted by atomic mass is 10.0. The Balaban J connectivity index is 2.56. The summed E-state index contributed by atoms with van der Waals surface area (Å²) in [6.07, 6.45) is 1.23. The van der Waals surface area contributed by atoms with E-state index in [2.05, 4.69) is 70.2 Å². The van der Waals surface area contributed by atoms with Gasteiger partial charge in [0.05, 0.1) is 0 Å². The second kappa shape index (κ2) is 7.66. The van der Waals surface area contributed by atoms with Gasteiger partial charge in [-0.05, 0) is 57.0 Å². The Morgan fingerprint density at radius 2 is 1.79 bits per heavy atom. The molecular formula is C17H30N2. The van der Waals surface area contributed by atoms with Crippen LogP contribution in [0, 0.1) is 19.8 Å². The molecule has 1 aromatic carbocycles. The van der Waals surface area contributed by atoms with E-state index in [0.29, 0.717) is 6.04 Å². The zero-order chi connectivity index (χ0) is 14.4. The Bertz CT molecular complexity index is 373. The second-order valence-corrected chi connectivity index (χ2v) is 6.39. The number of nitrogens with zero attached hydrogens (tertiary/aromatic N) is 1. The van der Waals surface area contributed by atoms with Gasteiger partial charge in [-0.1, -0.05) is 32.0 Å². The molecule has 2 heteroatoms. The second-order valence-electron chi connectivity index (χ2n) is 6.39. The molecule has 0 radical (unpaired) electrons. The molecule has 1 atom stereocenters. The Morgan fingerprint density at radius 3 is 2.32 bits per heavy atom. The summed E-state index contributed by atoms with van der Waals surface area (Å²) >= 11 is 0. The minimum atomic E-state index is 0.566. The third-order valence-electron chi connectivity index (χ3n) is 3.51. The van der Waals surface area contributed by atoms with E-state index in [9.17, 15) is 0 Å². The summed E-state index contributed by atoms with van der Waals surface area (Å²) in [7, 11) is 4.29. The van der Waals surface area contributed by atoms with Crippen LogP contribution in [0.3, 0.4) is 0 Å². The van der Waals surface area contributed by atoms with Gasteiger partial charge in [-0.25, -0.2) is 0 Å². The highest BCUT2D eigenvalue weighted by Gasteiger charge is 2.11. The van der Waals surface area contributed by atoms with Gasteiger partial charge in [-0.2, -0.15) is 0 Å². The van der Waals surface area contributed by atoms with E-state index < -0.39 is 0 Å². The van der Waals surface area contributed by atoms with E-state index in [-0.39, 0.29) is 0 Å². The van der Waals surface area contributed by atoms with Crippen LogP contribution in [0.15, 0.2) is 18.2 Å². The molecule has 2 nitrogen and oxygen atoms in total. The van der Waals surface area contributed by atoms with E-state index >= 15 is 0 Å². The van der Waals surface area contributed by atoms with Crippen molar-refractivity contribution in [3.63, 3.8) is 0 Å². The molecule has 0 aliphatic carbocycles. The smallest absolute Gasteiger partial charge is 0.0208 e. The molecular weight excluding hydrogens is 232 g/mol. The number of hydrogen-bond donors (Lipinski definition) is 1. The van der Waals surface area contributed by atoms with Crippen molar-refractivity contribution < 1.29 is 0 Å². The molecule has 1 aromatic rings. The van der Waals surface area contributed by atoms with E-state index in [4.69, 9.17) is 0 Å². The fourth-order valence-corrected chi connectivity index (χ4v) is 2.41. The first-order chi connectivity index (χ1) is 8.88. The highest BCUT2D eigenvalue weighted by molar-refractivity contribution is 5.29. The average molecular weight is 262 g/mol. The molecule has 0 saturated heterocycles. The summed E-state index contributed by atoms with van der Waals surface area (Å²) in [5.74, 6) is 0.734. The zero-order valence-corrected chi connectivity index (χ0v) is 13.5. The van der Waals surface area contributed by atoms with Crippen molar-refractivity contribution in [2.75, 3.05) is 20.6 Å². The fourth-order valence-electron chi connectivity index (χ4n) is 2.41. The molecule has 0 amide bonds. The van der Waals surface area contributed by atoms with Gasteiger partial charge in [-0.15, -0.1) is 0 Å². The van der Waals surface area contributed by atoms with Crippen LogP contribution in [0.2, 0.25) is 0 Å². The number of aryl methyl sites for hydroxylation is 2. The minimum Gasteiger partial charge on any atom is -0.309 e. The Hall–Kier alpha value is -0.860. The van der Waals surface area contributed by atoms with Crippen molar-refractivity contribution in [1.82, 2.24) is 10.2 Å². The maximum absolute atomic E-state index is 3.70. The first-order valence-corrected chi connectivity index (χ1v) is 7.32. The lowest BCUT2D eigenvalue weighted by Gasteiger charge is -2.24. The monoisotopic (exact) mass is 262 g/mol. The first-order valence-electron chi connectivity index (χ1n) is 7.32. The number of likely N-dealkylation sites (N-methyl/N-ethyl adjacent to an activating group) is 1. The summed E-state index contributed by atoms with van der Waals surface area (Å²) < 4.78 is 0. The highest BCUT2D eigenvalue weighted by Crippen LogP contribution is 2.11. The van der Waals surface area contributed by atoms with Crippen LogP contribution in [-0.4, -0.2) is 31.6 Å². The Morgan fingerprint density at radius 1 is 1.11 bits per heavy atom. The van der Waals surface area contributed by atoms with Crippen LogP contribution >= 0.6 is 0 Å².